The zero-order chi connectivity index (χ0) is 29.6. The van der Waals surface area contributed by atoms with Gasteiger partial charge in [-0.05, 0) is 24.3 Å². The van der Waals surface area contributed by atoms with Crippen molar-refractivity contribution < 1.29 is 88.9 Å². The van der Waals surface area contributed by atoms with E-state index >= 15 is 0 Å². The Bertz CT molecular complexity index is 938. The molecule has 20 heteroatoms. The van der Waals surface area contributed by atoms with Crippen LogP contribution in [0.4, 0.5) is 74.6 Å². The Morgan fingerprint density at radius 3 is 1.16 bits per heavy atom. The monoisotopic (exact) mass is 582 g/mol. The fourth-order valence-corrected chi connectivity index (χ4v) is 2.58. The summed E-state index contributed by atoms with van der Waals surface area (Å²) in [5, 5.41) is 0. The summed E-state index contributed by atoms with van der Waals surface area (Å²) in [4.78, 5) is 11.3. The summed E-state index contributed by atoms with van der Waals surface area (Å²) in [6.07, 6.45) is -39.6. The highest BCUT2D eigenvalue weighted by molar-refractivity contribution is 5.89. The van der Waals surface area contributed by atoms with Gasteiger partial charge in [0.2, 0.25) is 5.76 Å². The van der Waals surface area contributed by atoms with Crippen LogP contribution in [-0.2, 0) is 4.74 Å². The number of esters is 1. The minimum absolute atomic E-state index is 0.0117. The molecule has 0 N–H and O–H groups in total. The lowest BCUT2D eigenvalue weighted by atomic mass is 9.79. The van der Waals surface area contributed by atoms with Gasteiger partial charge in [0.15, 0.2) is 0 Å². The molecule has 0 aliphatic heterocycles. The third-order valence-corrected chi connectivity index (χ3v) is 4.23. The van der Waals surface area contributed by atoms with Gasteiger partial charge in [0.1, 0.15) is 5.75 Å². The fraction of sp³-hybridized carbons (Fsp3) is 0.471. The summed E-state index contributed by atoms with van der Waals surface area (Å²) in [5.74, 6) is -7.70. The Hall–Kier alpha value is -2.96. The number of benzene rings is 1. The van der Waals surface area contributed by atoms with Gasteiger partial charge in [0.25, 0.3) is 0 Å². The molecule has 0 unspecified atom stereocenters. The first-order chi connectivity index (χ1) is 16.2. The van der Waals surface area contributed by atoms with Gasteiger partial charge in [0.05, 0.1) is 18.2 Å². The van der Waals surface area contributed by atoms with Crippen LogP contribution in [0, 0.1) is 0 Å². The van der Waals surface area contributed by atoms with Crippen LogP contribution < -0.4 is 4.74 Å². The zero-order valence-electron chi connectivity index (χ0n) is 17.0. The van der Waals surface area contributed by atoms with Crippen LogP contribution in [0.15, 0.2) is 35.6 Å². The van der Waals surface area contributed by atoms with E-state index in [1.165, 1.54) is 0 Å². The Morgan fingerprint density at radius 2 is 0.919 bits per heavy atom. The lowest BCUT2D eigenvalue weighted by Crippen LogP contribution is -2.67. The maximum Gasteiger partial charge on any atom is 0.449 e. The molecule has 3 nitrogen and oxygen atoms in total. The van der Waals surface area contributed by atoms with Gasteiger partial charge in [-0.25, -0.2) is 13.6 Å². The van der Waals surface area contributed by atoms with Crippen molar-refractivity contribution in [3.05, 3.63) is 41.2 Å². The minimum atomic E-state index is -8.27. The van der Waals surface area contributed by atoms with Crippen molar-refractivity contribution in [1.29, 1.82) is 0 Å². The van der Waals surface area contributed by atoms with Crippen molar-refractivity contribution >= 4 is 5.97 Å². The maximum atomic E-state index is 14.5. The number of halogens is 17. The highest BCUT2D eigenvalue weighted by Crippen LogP contribution is 2.63. The second-order valence-electron chi connectivity index (χ2n) is 6.63. The fourth-order valence-electron chi connectivity index (χ4n) is 2.58. The quantitative estimate of drug-likeness (QED) is 0.207. The number of alkyl halides is 17. The first-order valence-electron chi connectivity index (χ1n) is 8.51. The van der Waals surface area contributed by atoms with E-state index in [1.807, 2.05) is 0 Å². The van der Waals surface area contributed by atoms with Crippen molar-refractivity contribution in [2.75, 3.05) is 7.11 Å². The van der Waals surface area contributed by atoms with E-state index in [0.717, 1.165) is 7.11 Å². The molecule has 0 spiro atoms. The molecule has 0 aliphatic rings. The molecule has 212 valence electrons. The van der Waals surface area contributed by atoms with Crippen molar-refractivity contribution in [3.8, 4) is 5.75 Å². The van der Waals surface area contributed by atoms with Crippen LogP contribution in [0.25, 0.3) is 0 Å². The van der Waals surface area contributed by atoms with Crippen LogP contribution in [-0.4, -0.2) is 55.3 Å². The zero-order valence-corrected chi connectivity index (χ0v) is 17.0. The van der Waals surface area contributed by atoms with Crippen molar-refractivity contribution in [1.82, 2.24) is 0 Å². The largest absolute Gasteiger partial charge is 0.465 e. The average Bonchev–Trinajstić information content (AvgIpc) is 2.68. The number of methoxy groups -OCH3 is 1. The smallest absolute Gasteiger partial charge is 0.449 e. The molecule has 37 heavy (non-hydrogen) atoms. The van der Waals surface area contributed by atoms with E-state index in [0.29, 0.717) is 12.1 Å². The van der Waals surface area contributed by atoms with Crippen molar-refractivity contribution in [3.63, 3.8) is 0 Å². The highest BCUT2D eigenvalue weighted by atomic mass is 19.4. The SMILES string of the molecule is COC(=O)c1ccc(OC(=C(C(F)(C(F)(F)F)C(F)(F)F)C(F)(C(F)(F)F)C(F)(F)F)C(F)(F)F)cc1. The molecule has 1 aromatic rings. The summed E-state index contributed by atoms with van der Waals surface area (Å²) in [6.45, 7) is 0. The summed E-state index contributed by atoms with van der Waals surface area (Å²) in [6, 6.07) is 0.693. The van der Waals surface area contributed by atoms with Crippen LogP contribution in [0.3, 0.4) is 0 Å². The third-order valence-electron chi connectivity index (χ3n) is 4.23. The van der Waals surface area contributed by atoms with Gasteiger partial charge in [0, 0.05) is 0 Å². The summed E-state index contributed by atoms with van der Waals surface area (Å²) in [5.41, 5.74) is -22.7. The lowest BCUT2D eigenvalue weighted by molar-refractivity contribution is -0.365. The molecule has 0 aliphatic carbocycles. The van der Waals surface area contributed by atoms with Gasteiger partial charge in [-0.3, -0.25) is 0 Å². The van der Waals surface area contributed by atoms with E-state index in [9.17, 15) is 79.4 Å². The predicted octanol–water partition coefficient (Wildman–Crippen LogP) is 7.33. The van der Waals surface area contributed by atoms with Crippen LogP contribution >= 0.6 is 0 Å². The molecule has 0 aromatic heterocycles. The summed E-state index contributed by atoms with van der Waals surface area (Å²) < 4.78 is 234. The topological polar surface area (TPSA) is 35.5 Å². The molecule has 0 heterocycles. The Kier molecular flexibility index (Phi) is 8.16. The van der Waals surface area contributed by atoms with Crippen LogP contribution in [0.2, 0.25) is 0 Å². The first kappa shape index (κ1) is 32.1. The molecule has 0 bridgehead atoms. The van der Waals surface area contributed by atoms with Gasteiger partial charge in [-0.2, -0.15) is 65.9 Å². The van der Waals surface area contributed by atoms with Gasteiger partial charge < -0.3 is 9.47 Å². The molecule has 0 atom stereocenters. The van der Waals surface area contributed by atoms with E-state index in [4.69, 9.17) is 0 Å². The lowest BCUT2D eigenvalue weighted by Gasteiger charge is -2.41. The van der Waals surface area contributed by atoms with Crippen LogP contribution in [0.5, 0.6) is 5.75 Å². The van der Waals surface area contributed by atoms with E-state index in [2.05, 4.69) is 9.47 Å². The average molecular weight is 582 g/mol. The number of carbonyl (C=O) groups is 1. The maximum absolute atomic E-state index is 14.5. The molecular formula is C17H7F17O3. The highest BCUT2D eigenvalue weighted by Gasteiger charge is 2.88. The Morgan fingerprint density at radius 1 is 0.595 bits per heavy atom. The molecule has 0 amide bonds. The van der Waals surface area contributed by atoms with Gasteiger partial charge in [-0.1, -0.05) is 0 Å². The molecule has 1 aromatic carbocycles. The second-order valence-corrected chi connectivity index (χ2v) is 6.63. The first-order valence-corrected chi connectivity index (χ1v) is 8.51. The number of carbonyl (C=O) groups excluding carboxylic acids is 1. The normalized spacial score (nSPS) is 14.3. The summed E-state index contributed by atoms with van der Waals surface area (Å²) >= 11 is 0. The Labute approximate surface area is 192 Å². The number of hydrogen-bond acceptors (Lipinski definition) is 3. The molecule has 0 radical (unpaired) electrons. The summed E-state index contributed by atoms with van der Waals surface area (Å²) in [7, 11) is 0.744. The molecule has 0 saturated heterocycles. The number of rotatable bonds is 5. The van der Waals surface area contributed by atoms with Gasteiger partial charge >= 0.3 is 48.2 Å². The van der Waals surface area contributed by atoms with Crippen molar-refractivity contribution in [2.24, 2.45) is 0 Å². The molecule has 1 rings (SSSR count). The number of allylic oxidation sites excluding steroid dienone is 2. The standard InChI is InChI=1S/C17H7F17O3/c1-36-10(35)6-2-4-7(5-3-6)37-9(13(20,21)22)8(11(18,14(23,24)25)15(26,27)28)12(19,16(29,30)31)17(32,33)34/h2-5H,1H3. The van der Waals surface area contributed by atoms with E-state index in [-0.39, 0.29) is 12.1 Å². The second kappa shape index (κ2) is 9.41. The molecule has 0 saturated carbocycles. The third kappa shape index (κ3) is 5.65. The van der Waals surface area contributed by atoms with Crippen molar-refractivity contribution in [2.45, 2.75) is 42.2 Å². The molecular weight excluding hydrogens is 575 g/mol. The number of hydrogen-bond donors (Lipinski definition) is 0. The van der Waals surface area contributed by atoms with Gasteiger partial charge in [-0.15, -0.1) is 0 Å². The van der Waals surface area contributed by atoms with E-state index in [1.54, 1.807) is 0 Å². The number of ether oxygens (including phenoxy) is 2. The molecule has 0 fully saturated rings. The van der Waals surface area contributed by atoms with Crippen LogP contribution in [0.1, 0.15) is 10.4 Å². The predicted molar refractivity (Wildman–Crippen MR) is 83.4 cm³/mol. The minimum Gasteiger partial charge on any atom is -0.465 e. The Balaban J connectivity index is 4.40. The van der Waals surface area contributed by atoms with E-state index < -0.39 is 70.8 Å².